The number of hydrogen-bond donors (Lipinski definition) is 2. The predicted molar refractivity (Wildman–Crippen MR) is 120 cm³/mol. The lowest BCUT2D eigenvalue weighted by Gasteiger charge is -2.13. The summed E-state index contributed by atoms with van der Waals surface area (Å²) in [6.45, 7) is 0. The van der Waals surface area contributed by atoms with Crippen molar-refractivity contribution >= 4 is 74.1 Å². The first-order valence-electron chi connectivity index (χ1n) is 8.53. The van der Waals surface area contributed by atoms with Gasteiger partial charge in [0.15, 0.2) is 5.11 Å². The molecule has 3 aromatic carbocycles. The Morgan fingerprint density at radius 1 is 1.03 bits per heavy atom. The van der Waals surface area contributed by atoms with E-state index in [0.717, 1.165) is 16.4 Å². The van der Waals surface area contributed by atoms with Crippen molar-refractivity contribution in [1.29, 1.82) is 0 Å². The van der Waals surface area contributed by atoms with E-state index in [4.69, 9.17) is 44.6 Å². The zero-order valence-electron chi connectivity index (χ0n) is 15.1. The monoisotopic (exact) mass is 444 g/mol. The number of hydrogen-bond acceptors (Lipinski definition) is 4. The smallest absolute Gasteiger partial charge is 0.258 e. The number of thiocarbonyl (C=S) groups is 1. The van der Waals surface area contributed by atoms with Gasteiger partial charge in [-0.25, -0.2) is 0 Å². The number of rotatable bonds is 3. The Morgan fingerprint density at radius 3 is 2.59 bits per heavy atom. The van der Waals surface area contributed by atoms with Crippen LogP contribution in [0.15, 0.2) is 59.0 Å². The number of carbonyl (C=O) groups excluding carboxylic acids is 1. The van der Waals surface area contributed by atoms with Crippen LogP contribution in [-0.4, -0.2) is 18.1 Å². The molecule has 0 fully saturated rings. The van der Waals surface area contributed by atoms with Crippen LogP contribution in [-0.2, 0) is 0 Å². The van der Waals surface area contributed by atoms with Crippen LogP contribution in [0.3, 0.4) is 0 Å². The second-order valence-electron chi connectivity index (χ2n) is 6.18. The molecule has 0 bridgehead atoms. The molecule has 29 heavy (non-hydrogen) atoms. The number of ether oxygens (including phenoxy) is 1. The van der Waals surface area contributed by atoms with E-state index in [9.17, 15) is 4.79 Å². The normalized spacial score (nSPS) is 10.9. The average Bonchev–Trinajstić information content (AvgIpc) is 3.04. The minimum Gasteiger partial charge on any atom is -0.495 e. The van der Waals surface area contributed by atoms with Gasteiger partial charge in [-0.15, -0.1) is 0 Å². The quantitative estimate of drug-likeness (QED) is 0.377. The summed E-state index contributed by atoms with van der Waals surface area (Å²) in [4.78, 5) is 12.4. The summed E-state index contributed by atoms with van der Waals surface area (Å²) in [6.07, 6.45) is 0. The molecule has 0 saturated carbocycles. The minimum absolute atomic E-state index is 0.0924. The molecule has 146 valence electrons. The summed E-state index contributed by atoms with van der Waals surface area (Å²) in [6, 6.07) is 16.0. The number of carbonyl (C=O) groups is 1. The van der Waals surface area contributed by atoms with Crippen molar-refractivity contribution in [2.45, 2.75) is 0 Å². The summed E-state index contributed by atoms with van der Waals surface area (Å²) in [5.41, 5.74) is 2.27. The number of anilines is 1. The van der Waals surface area contributed by atoms with Crippen LogP contribution in [0, 0.1) is 0 Å². The fraction of sp³-hybridized carbons (Fsp3) is 0.0476. The van der Waals surface area contributed by atoms with Crippen molar-refractivity contribution in [3.63, 3.8) is 0 Å². The van der Waals surface area contributed by atoms with Crippen molar-refractivity contribution in [1.82, 2.24) is 5.32 Å². The van der Waals surface area contributed by atoms with E-state index < -0.39 is 5.91 Å². The molecule has 5 nitrogen and oxygen atoms in total. The molecule has 1 aromatic heterocycles. The van der Waals surface area contributed by atoms with Crippen LogP contribution in [0.5, 0.6) is 5.75 Å². The third-order valence-electron chi connectivity index (χ3n) is 4.35. The van der Waals surface area contributed by atoms with E-state index in [-0.39, 0.29) is 15.7 Å². The molecule has 0 aliphatic rings. The van der Waals surface area contributed by atoms with Crippen LogP contribution >= 0.6 is 35.4 Å². The van der Waals surface area contributed by atoms with E-state index in [2.05, 4.69) is 10.6 Å². The Bertz CT molecular complexity index is 1270. The topological polar surface area (TPSA) is 63.5 Å². The van der Waals surface area contributed by atoms with Crippen molar-refractivity contribution < 1.29 is 13.9 Å². The Hall–Kier alpha value is -2.80. The van der Waals surface area contributed by atoms with Gasteiger partial charge in [0, 0.05) is 21.9 Å². The maximum atomic E-state index is 12.4. The van der Waals surface area contributed by atoms with Crippen molar-refractivity contribution in [2.75, 3.05) is 12.4 Å². The number of fused-ring (bicyclic) bond motifs is 3. The van der Waals surface area contributed by atoms with Crippen molar-refractivity contribution in [2.24, 2.45) is 0 Å². The molecule has 0 spiro atoms. The van der Waals surface area contributed by atoms with Crippen LogP contribution < -0.4 is 15.4 Å². The molecule has 2 N–H and O–H groups in total. The van der Waals surface area contributed by atoms with Gasteiger partial charge in [-0.1, -0.05) is 41.4 Å². The number of benzene rings is 3. The fourth-order valence-corrected chi connectivity index (χ4v) is 3.71. The van der Waals surface area contributed by atoms with Crippen molar-refractivity contribution in [3.8, 4) is 5.75 Å². The molecule has 0 saturated heterocycles. The minimum atomic E-state index is -0.451. The Labute approximate surface area is 181 Å². The summed E-state index contributed by atoms with van der Waals surface area (Å²) >= 11 is 17.2. The molecular weight excluding hydrogens is 431 g/mol. The van der Waals surface area contributed by atoms with E-state index in [0.29, 0.717) is 22.0 Å². The van der Waals surface area contributed by atoms with E-state index in [1.54, 1.807) is 19.2 Å². The van der Waals surface area contributed by atoms with Gasteiger partial charge in [-0.05, 0) is 42.5 Å². The average molecular weight is 445 g/mol. The Balaban J connectivity index is 1.60. The molecule has 8 heteroatoms. The number of halogens is 2. The number of methoxy groups -OCH3 is 1. The second kappa shape index (κ2) is 7.91. The van der Waals surface area contributed by atoms with Crippen LogP contribution in [0.4, 0.5) is 5.69 Å². The zero-order chi connectivity index (χ0) is 20.5. The predicted octanol–water partition coefficient (Wildman–Crippen LogP) is 6.03. The van der Waals surface area contributed by atoms with Gasteiger partial charge >= 0.3 is 0 Å². The molecule has 0 unspecified atom stereocenters. The summed E-state index contributed by atoms with van der Waals surface area (Å²) in [5, 5.41) is 8.25. The number of furan rings is 1. The lowest BCUT2D eigenvalue weighted by molar-refractivity contribution is 0.0978. The summed E-state index contributed by atoms with van der Waals surface area (Å²) in [7, 11) is 1.56. The summed E-state index contributed by atoms with van der Waals surface area (Å²) in [5.74, 6) is 0.109. The molecule has 1 heterocycles. The molecule has 0 aliphatic heterocycles. The lowest BCUT2D eigenvalue weighted by atomic mass is 10.1. The molecule has 4 rings (SSSR count). The highest BCUT2D eigenvalue weighted by molar-refractivity contribution is 7.80. The first-order valence-corrected chi connectivity index (χ1v) is 9.69. The van der Waals surface area contributed by atoms with Crippen LogP contribution in [0.25, 0.3) is 21.9 Å². The molecule has 0 aliphatic carbocycles. The first kappa shape index (κ1) is 19.5. The maximum Gasteiger partial charge on any atom is 0.258 e. The Morgan fingerprint density at radius 2 is 1.83 bits per heavy atom. The molecule has 0 atom stereocenters. The molecule has 4 aromatic rings. The number of nitrogens with one attached hydrogen (secondary N) is 2. The molecule has 1 amide bonds. The van der Waals surface area contributed by atoms with E-state index in [1.807, 2.05) is 30.3 Å². The standard InChI is InChI=1S/C21H14Cl2N2O3S/c1-27-19-9-14-12-4-2-3-5-17(12)28-18(14)10-16(19)24-21(29)25-20(26)13-7-6-11(22)8-15(13)23/h2-10H,1H3,(H2,24,25,26,29). The van der Waals surface area contributed by atoms with Crippen LogP contribution in [0.1, 0.15) is 10.4 Å². The van der Waals surface area contributed by atoms with Gasteiger partial charge in [-0.2, -0.15) is 0 Å². The second-order valence-corrected chi connectivity index (χ2v) is 7.43. The largest absolute Gasteiger partial charge is 0.495 e. The van der Waals surface area contributed by atoms with E-state index >= 15 is 0 Å². The number of para-hydroxylation sites is 1. The molecule has 0 radical (unpaired) electrons. The zero-order valence-corrected chi connectivity index (χ0v) is 17.4. The highest BCUT2D eigenvalue weighted by atomic mass is 35.5. The maximum absolute atomic E-state index is 12.4. The number of amides is 1. The molecular formula is C21H14Cl2N2O3S. The van der Waals surface area contributed by atoms with Gasteiger partial charge in [0.1, 0.15) is 16.9 Å². The van der Waals surface area contributed by atoms with Gasteiger partial charge in [0.05, 0.1) is 23.4 Å². The summed E-state index contributed by atoms with van der Waals surface area (Å²) < 4.78 is 11.4. The lowest BCUT2D eigenvalue weighted by Crippen LogP contribution is -2.34. The van der Waals surface area contributed by atoms with Gasteiger partial charge in [0.25, 0.3) is 5.91 Å². The Kier molecular flexibility index (Phi) is 5.32. The van der Waals surface area contributed by atoms with Gasteiger partial charge in [-0.3, -0.25) is 10.1 Å². The highest BCUT2D eigenvalue weighted by Crippen LogP contribution is 2.36. The first-order chi connectivity index (χ1) is 14.0. The van der Waals surface area contributed by atoms with E-state index in [1.165, 1.54) is 12.1 Å². The SMILES string of the molecule is COc1cc2c(cc1NC(=S)NC(=O)c1ccc(Cl)cc1Cl)oc1ccccc12. The van der Waals surface area contributed by atoms with Crippen LogP contribution in [0.2, 0.25) is 10.0 Å². The fourth-order valence-electron chi connectivity index (χ4n) is 3.02. The third-order valence-corrected chi connectivity index (χ3v) is 5.10. The third kappa shape index (κ3) is 3.87. The van der Waals surface area contributed by atoms with Gasteiger partial charge < -0.3 is 14.5 Å². The van der Waals surface area contributed by atoms with Crippen molar-refractivity contribution in [3.05, 3.63) is 70.2 Å². The highest BCUT2D eigenvalue weighted by Gasteiger charge is 2.16. The van der Waals surface area contributed by atoms with Gasteiger partial charge in [0.2, 0.25) is 0 Å².